The number of urea groups is 1. The molecule has 2 N–H and O–H groups in total. The molecule has 0 radical (unpaired) electrons. The Labute approximate surface area is 143 Å². The van der Waals surface area contributed by atoms with Gasteiger partial charge in [-0.05, 0) is 60.8 Å². The van der Waals surface area contributed by atoms with Crippen molar-refractivity contribution in [2.24, 2.45) is 0 Å². The van der Waals surface area contributed by atoms with Gasteiger partial charge < -0.3 is 10.6 Å². The smallest absolute Gasteiger partial charge is 0.315 e. The van der Waals surface area contributed by atoms with Crippen molar-refractivity contribution in [2.45, 2.75) is 50.6 Å². The lowest BCUT2D eigenvalue weighted by molar-refractivity contribution is 0.230. The molecule has 0 spiro atoms. The van der Waals surface area contributed by atoms with Gasteiger partial charge in [-0.1, -0.05) is 48.5 Å². The van der Waals surface area contributed by atoms with Gasteiger partial charge in [-0.25, -0.2) is 4.79 Å². The molecule has 0 aliphatic heterocycles. The second-order valence-corrected chi connectivity index (χ2v) is 6.91. The van der Waals surface area contributed by atoms with Crippen molar-refractivity contribution in [3.8, 4) is 0 Å². The summed E-state index contributed by atoms with van der Waals surface area (Å²) in [6.45, 7) is 0. The number of nitrogens with one attached hydrogen (secondary N) is 2. The molecule has 0 fully saturated rings. The molecule has 2 aliphatic carbocycles. The number of carbonyl (C=O) groups excluding carboxylic acids is 1. The molecule has 3 heteroatoms. The van der Waals surface area contributed by atoms with Crippen LogP contribution in [0.1, 0.15) is 60.0 Å². The van der Waals surface area contributed by atoms with Crippen LogP contribution in [0.25, 0.3) is 0 Å². The maximum Gasteiger partial charge on any atom is 0.315 e. The first-order chi connectivity index (χ1) is 11.8. The van der Waals surface area contributed by atoms with E-state index in [1.807, 2.05) is 0 Å². The van der Waals surface area contributed by atoms with Gasteiger partial charge in [0.2, 0.25) is 0 Å². The number of carbonyl (C=O) groups is 1. The highest BCUT2D eigenvalue weighted by molar-refractivity contribution is 5.75. The summed E-state index contributed by atoms with van der Waals surface area (Å²) in [6, 6.07) is 17.2. The summed E-state index contributed by atoms with van der Waals surface area (Å²) in [5.41, 5.74) is 5.31. The highest BCUT2D eigenvalue weighted by atomic mass is 16.2. The average Bonchev–Trinajstić information content (AvgIpc) is 2.62. The molecule has 0 bridgehead atoms. The van der Waals surface area contributed by atoms with E-state index in [1.54, 1.807) is 0 Å². The molecular weight excluding hydrogens is 296 g/mol. The maximum absolute atomic E-state index is 12.6. The van der Waals surface area contributed by atoms with Crippen molar-refractivity contribution < 1.29 is 4.79 Å². The van der Waals surface area contributed by atoms with E-state index in [0.29, 0.717) is 0 Å². The van der Waals surface area contributed by atoms with Crippen molar-refractivity contribution in [3.63, 3.8) is 0 Å². The molecule has 3 nitrogen and oxygen atoms in total. The van der Waals surface area contributed by atoms with Crippen molar-refractivity contribution in [1.82, 2.24) is 10.6 Å². The molecule has 0 heterocycles. The van der Waals surface area contributed by atoms with Crippen LogP contribution in [0.4, 0.5) is 4.79 Å². The van der Waals surface area contributed by atoms with Crippen molar-refractivity contribution >= 4 is 6.03 Å². The summed E-state index contributed by atoms with van der Waals surface area (Å²) < 4.78 is 0. The summed E-state index contributed by atoms with van der Waals surface area (Å²) in [4.78, 5) is 12.6. The third-order valence-corrected chi connectivity index (χ3v) is 5.35. The molecule has 2 aromatic rings. The largest absolute Gasteiger partial charge is 0.331 e. The fourth-order valence-electron chi connectivity index (χ4n) is 4.17. The topological polar surface area (TPSA) is 41.1 Å². The average molecular weight is 320 g/mol. The monoisotopic (exact) mass is 320 g/mol. The normalized spacial score (nSPS) is 22.2. The molecule has 0 saturated carbocycles. The van der Waals surface area contributed by atoms with E-state index in [9.17, 15) is 4.79 Å². The van der Waals surface area contributed by atoms with Crippen molar-refractivity contribution in [2.75, 3.05) is 0 Å². The van der Waals surface area contributed by atoms with Gasteiger partial charge in [-0.15, -0.1) is 0 Å². The van der Waals surface area contributed by atoms with Crippen molar-refractivity contribution in [1.29, 1.82) is 0 Å². The quantitative estimate of drug-likeness (QED) is 0.844. The summed E-state index contributed by atoms with van der Waals surface area (Å²) in [5.74, 6) is 0. The van der Waals surface area contributed by atoms with Gasteiger partial charge in [0.1, 0.15) is 0 Å². The summed E-state index contributed by atoms with van der Waals surface area (Å²) in [5, 5.41) is 6.41. The molecule has 124 valence electrons. The lowest BCUT2D eigenvalue weighted by Crippen LogP contribution is -2.41. The van der Waals surface area contributed by atoms with E-state index < -0.39 is 0 Å². The molecule has 0 saturated heterocycles. The van der Waals surface area contributed by atoms with Gasteiger partial charge in [0.05, 0.1) is 12.1 Å². The van der Waals surface area contributed by atoms with Crippen LogP contribution in [0.3, 0.4) is 0 Å². The first-order valence-electron chi connectivity index (χ1n) is 9.04. The van der Waals surface area contributed by atoms with Gasteiger partial charge in [0, 0.05) is 0 Å². The Hall–Kier alpha value is -2.29. The number of hydrogen-bond acceptors (Lipinski definition) is 1. The van der Waals surface area contributed by atoms with E-state index in [1.165, 1.54) is 22.3 Å². The van der Waals surface area contributed by atoms with E-state index in [2.05, 4.69) is 59.2 Å². The van der Waals surface area contributed by atoms with Gasteiger partial charge in [-0.2, -0.15) is 0 Å². The maximum atomic E-state index is 12.6. The zero-order valence-corrected chi connectivity index (χ0v) is 13.9. The van der Waals surface area contributed by atoms with E-state index in [-0.39, 0.29) is 18.1 Å². The molecule has 24 heavy (non-hydrogen) atoms. The van der Waals surface area contributed by atoms with Crippen LogP contribution in [0, 0.1) is 0 Å². The Morgan fingerprint density at radius 2 is 1.21 bits per heavy atom. The van der Waals surface area contributed by atoms with E-state index >= 15 is 0 Å². The second kappa shape index (κ2) is 6.68. The molecular formula is C21H24N2O. The minimum atomic E-state index is -0.0431. The molecule has 2 aromatic carbocycles. The number of benzene rings is 2. The molecule has 2 aliphatic rings. The predicted molar refractivity (Wildman–Crippen MR) is 95.9 cm³/mol. The second-order valence-electron chi connectivity index (χ2n) is 6.91. The zero-order chi connectivity index (χ0) is 16.4. The van der Waals surface area contributed by atoms with Crippen LogP contribution in [-0.2, 0) is 12.8 Å². The van der Waals surface area contributed by atoms with Crippen LogP contribution < -0.4 is 10.6 Å². The fourth-order valence-corrected chi connectivity index (χ4v) is 4.17. The molecule has 2 atom stereocenters. The van der Waals surface area contributed by atoms with Gasteiger partial charge in [-0.3, -0.25) is 0 Å². The molecule has 2 unspecified atom stereocenters. The van der Waals surface area contributed by atoms with Crippen LogP contribution in [0.15, 0.2) is 48.5 Å². The zero-order valence-electron chi connectivity index (χ0n) is 13.9. The third kappa shape index (κ3) is 3.03. The first kappa shape index (κ1) is 15.3. The van der Waals surface area contributed by atoms with Crippen LogP contribution >= 0.6 is 0 Å². The van der Waals surface area contributed by atoms with Crippen LogP contribution in [-0.4, -0.2) is 6.03 Å². The molecule has 2 amide bonds. The summed E-state index contributed by atoms with van der Waals surface area (Å²) >= 11 is 0. The number of amides is 2. The Morgan fingerprint density at radius 1 is 0.750 bits per heavy atom. The highest BCUT2D eigenvalue weighted by Crippen LogP contribution is 2.31. The first-order valence-corrected chi connectivity index (χ1v) is 9.04. The Kier molecular flexibility index (Phi) is 4.24. The fraction of sp³-hybridized carbons (Fsp3) is 0.381. The lowest BCUT2D eigenvalue weighted by Gasteiger charge is -2.29. The summed E-state index contributed by atoms with van der Waals surface area (Å²) in [7, 11) is 0. The Bertz CT molecular complexity index is 679. The molecule has 0 aromatic heterocycles. The lowest BCUT2D eigenvalue weighted by atomic mass is 9.87. The van der Waals surface area contributed by atoms with Gasteiger partial charge >= 0.3 is 6.03 Å². The number of hydrogen-bond donors (Lipinski definition) is 2. The third-order valence-electron chi connectivity index (χ3n) is 5.35. The predicted octanol–water partition coefficient (Wildman–Crippen LogP) is 4.44. The van der Waals surface area contributed by atoms with Gasteiger partial charge in [0.15, 0.2) is 0 Å². The van der Waals surface area contributed by atoms with Gasteiger partial charge in [0.25, 0.3) is 0 Å². The highest BCUT2D eigenvalue weighted by Gasteiger charge is 2.24. The standard InChI is InChI=1S/C21H24N2O/c24-21(22-19-13-5-9-15-7-1-3-11-17(15)19)23-20-14-6-10-16-8-2-4-12-18(16)20/h1-4,7-8,11-12,19-20H,5-6,9-10,13-14H2,(H2,22,23,24). The number of aryl methyl sites for hydroxylation is 2. The molecule has 4 rings (SSSR count). The SMILES string of the molecule is O=C(NC1CCCc2ccccc21)NC1CCCc2ccccc21. The van der Waals surface area contributed by atoms with E-state index in [0.717, 1.165) is 38.5 Å². The Morgan fingerprint density at radius 3 is 1.71 bits per heavy atom. The Balaban J connectivity index is 1.45. The number of rotatable bonds is 2. The van der Waals surface area contributed by atoms with Crippen LogP contribution in [0.5, 0.6) is 0 Å². The summed E-state index contributed by atoms with van der Waals surface area (Å²) in [6.07, 6.45) is 6.54. The minimum Gasteiger partial charge on any atom is -0.331 e. The minimum absolute atomic E-state index is 0.0431. The van der Waals surface area contributed by atoms with Crippen LogP contribution in [0.2, 0.25) is 0 Å². The van der Waals surface area contributed by atoms with E-state index in [4.69, 9.17) is 0 Å². The number of fused-ring (bicyclic) bond motifs is 2. The van der Waals surface area contributed by atoms with Crippen molar-refractivity contribution in [3.05, 3.63) is 70.8 Å².